The van der Waals surface area contributed by atoms with E-state index in [4.69, 9.17) is 0 Å². The molecule has 21 N–H and O–H groups in total. The summed E-state index contributed by atoms with van der Waals surface area (Å²) < 4.78 is 1.82. The Kier molecular flexibility index (Phi) is 9.56. The van der Waals surface area contributed by atoms with E-state index in [0.717, 1.165) is 21.5 Å². The fraction of sp³-hybridized carbons (Fsp3) is 0.0784. The Hall–Kier alpha value is -10.8. The lowest BCUT2D eigenvalue weighted by molar-refractivity contribution is 0.00111. The van der Waals surface area contributed by atoms with Crippen LogP contribution in [0, 0.1) is 5.92 Å². The molecule has 0 bridgehead atoms. The second kappa shape index (κ2) is 15.6. The van der Waals surface area contributed by atoms with Crippen LogP contribution in [0.3, 0.4) is 0 Å². The maximum absolute atomic E-state index is 12.7. The summed E-state index contributed by atoms with van der Waals surface area (Å²) in [5, 5.41) is 239. The Morgan fingerprint density at radius 1 is 0.351 bits per heavy atom. The highest BCUT2D eigenvalue weighted by atomic mass is 16.4. The molecule has 2 aliphatic carbocycles. The average molecular weight is 1050 g/mol. The van der Waals surface area contributed by atoms with Gasteiger partial charge in [-0.3, -0.25) is 4.57 Å². The van der Waals surface area contributed by atoms with Gasteiger partial charge in [0.2, 0.25) is 34.7 Å². The molecule has 77 heavy (non-hydrogen) atoms. The third kappa shape index (κ3) is 5.78. The molecule has 0 amide bonds. The minimum atomic E-state index is -2.69. The number of benzene rings is 7. The zero-order chi connectivity index (χ0) is 55.0. The molecule has 0 aliphatic heterocycles. The van der Waals surface area contributed by atoms with Crippen LogP contribution >= 0.6 is 0 Å². The molecule has 3 aromatic heterocycles. The number of rotatable bonds is 5. The van der Waals surface area contributed by atoms with Crippen molar-refractivity contribution in [3.8, 4) is 92.0 Å². The molecule has 3 heterocycles. The van der Waals surface area contributed by atoms with Gasteiger partial charge >= 0.3 is 0 Å². The first kappa shape index (κ1) is 47.2. The van der Waals surface area contributed by atoms with Gasteiger partial charge in [-0.15, -0.1) is 0 Å². The number of allylic oxidation sites excluding steroid dienone is 2. The Labute approximate surface area is 423 Å². The van der Waals surface area contributed by atoms with E-state index in [-0.39, 0.29) is 0 Å². The van der Waals surface area contributed by atoms with Crippen molar-refractivity contribution in [2.24, 2.45) is 5.92 Å². The number of nitrogens with zero attached hydrogens (tertiary/aromatic N) is 5. The molecule has 4 unspecified atom stereocenters. The minimum Gasteiger partial charge on any atom is -0.509 e. The van der Waals surface area contributed by atoms with Crippen LogP contribution in [-0.2, 0) is 0 Å². The topological polar surface area (TPSA) is 473 Å². The van der Waals surface area contributed by atoms with Crippen LogP contribution in [0.5, 0.6) is 69.0 Å². The first-order valence-corrected chi connectivity index (χ1v) is 22.4. The van der Waals surface area contributed by atoms with Crippen molar-refractivity contribution in [2.45, 2.75) is 18.3 Å². The minimum absolute atomic E-state index is 0.347. The molecule has 2 aliphatic rings. The molecule has 26 nitrogen and oxygen atoms in total. The average Bonchev–Trinajstić information content (AvgIpc) is 4.03. The number of fused-ring (bicyclic) bond motifs is 6. The summed E-state index contributed by atoms with van der Waals surface area (Å²) in [6, 6.07) is 17.9. The summed E-state index contributed by atoms with van der Waals surface area (Å²) in [6.45, 7) is 0. The molecule has 0 saturated heterocycles. The lowest BCUT2D eigenvalue weighted by Crippen LogP contribution is -2.40. The molecule has 10 aromatic rings. The zero-order valence-corrected chi connectivity index (χ0v) is 38.2. The molecular formula is C51H35N5O21. The monoisotopic (exact) mass is 1050 g/mol. The molecule has 26 heteroatoms. The summed E-state index contributed by atoms with van der Waals surface area (Å²) in [6.07, 6.45) is -7.47. The first-order chi connectivity index (χ1) is 36.5. The van der Waals surface area contributed by atoms with Gasteiger partial charge in [-0.2, -0.15) is 9.97 Å². The molecule has 4 atom stereocenters. The summed E-state index contributed by atoms with van der Waals surface area (Å²) in [4.78, 5) is 12.3. The predicted molar refractivity (Wildman–Crippen MR) is 265 cm³/mol. The summed E-state index contributed by atoms with van der Waals surface area (Å²) in [5.41, 5.74) is -5.47. The molecular weight excluding hydrogens is 1020 g/mol. The molecule has 0 radical (unpaired) electrons. The van der Waals surface area contributed by atoms with E-state index >= 15 is 0 Å². The third-order valence-electron chi connectivity index (χ3n) is 14.2. The number of aliphatic hydroxyl groups excluding tert-OH is 9. The van der Waals surface area contributed by atoms with E-state index in [1.165, 1.54) is 4.57 Å². The molecule has 0 spiro atoms. The van der Waals surface area contributed by atoms with Gasteiger partial charge in [0.05, 0.1) is 33.3 Å². The Morgan fingerprint density at radius 2 is 0.818 bits per heavy atom. The van der Waals surface area contributed by atoms with Gasteiger partial charge in [-0.25, -0.2) is 4.98 Å². The predicted octanol–water partition coefficient (Wildman–Crippen LogP) is 5.41. The van der Waals surface area contributed by atoms with Crippen LogP contribution in [0.4, 0.5) is 0 Å². The van der Waals surface area contributed by atoms with E-state index in [0.29, 0.717) is 26.4 Å². The van der Waals surface area contributed by atoms with Crippen LogP contribution in [0.25, 0.3) is 93.8 Å². The van der Waals surface area contributed by atoms with E-state index in [9.17, 15) is 107 Å². The van der Waals surface area contributed by atoms with Crippen molar-refractivity contribution in [1.82, 2.24) is 24.1 Å². The number of phenols is 12. The summed E-state index contributed by atoms with van der Waals surface area (Å²) in [7, 11) is 0. The smallest absolute Gasteiger partial charge is 0.239 e. The fourth-order valence-electron chi connectivity index (χ4n) is 10.7. The number of phenolic OH excluding ortho intramolecular Hbond substituents is 12. The fourth-order valence-corrected chi connectivity index (χ4v) is 10.7. The van der Waals surface area contributed by atoms with Crippen LogP contribution in [0.1, 0.15) is 5.82 Å². The van der Waals surface area contributed by atoms with Crippen LogP contribution < -0.4 is 0 Å². The number of aliphatic hydroxyl groups is 9. The maximum Gasteiger partial charge on any atom is 0.239 e. The largest absolute Gasteiger partial charge is 0.509 e. The normalized spacial score (nSPS) is 18.5. The highest BCUT2D eigenvalue weighted by molar-refractivity contribution is 6.34. The lowest BCUT2D eigenvalue weighted by atomic mass is 9.79. The van der Waals surface area contributed by atoms with Crippen molar-refractivity contribution < 1.29 is 107 Å². The van der Waals surface area contributed by atoms with E-state index < -0.39 is 190 Å². The van der Waals surface area contributed by atoms with Crippen molar-refractivity contribution in [3.63, 3.8) is 0 Å². The van der Waals surface area contributed by atoms with Gasteiger partial charge in [-0.1, -0.05) is 48.5 Å². The van der Waals surface area contributed by atoms with E-state index in [1.54, 1.807) is 24.3 Å². The van der Waals surface area contributed by atoms with Crippen LogP contribution in [-0.4, -0.2) is 150 Å². The first-order valence-electron chi connectivity index (χ1n) is 22.4. The van der Waals surface area contributed by atoms with E-state index in [2.05, 4.69) is 15.0 Å². The van der Waals surface area contributed by atoms with E-state index in [1.807, 2.05) is 36.4 Å². The van der Waals surface area contributed by atoms with Crippen molar-refractivity contribution in [2.75, 3.05) is 0 Å². The van der Waals surface area contributed by atoms with Crippen LogP contribution in [0.2, 0.25) is 0 Å². The Morgan fingerprint density at radius 3 is 1.39 bits per heavy atom. The summed E-state index contributed by atoms with van der Waals surface area (Å²) >= 11 is 0. The molecule has 0 fully saturated rings. The van der Waals surface area contributed by atoms with Crippen molar-refractivity contribution in [3.05, 3.63) is 107 Å². The highest BCUT2D eigenvalue weighted by Gasteiger charge is 2.48. The highest BCUT2D eigenvalue weighted by Crippen LogP contribution is 2.60. The lowest BCUT2D eigenvalue weighted by Gasteiger charge is -2.34. The standard InChI is InChI=1S/C51H35N5O21/c57-28-19-20-26(39(68)46(75)41(70)29(20)58)56(25(19)38(67)40(69)27(28)55-15-9-3-7-13-11-5-1-2-6-12(11)14-8-4-10-16(55)18(14)17(13)15)51-53-49(52-50(54-51)24-36(65)44(73)48(77)45(74)37(24)66)23-34(63)30(59)21(31(60)35(23)64)22-32(61)42(71)47(76)43(72)33(22)62/h1-10,21,30,42,47,57-77H. The van der Waals surface area contributed by atoms with Crippen LogP contribution in [0.15, 0.2) is 101 Å². The second-order valence-corrected chi connectivity index (χ2v) is 18.1. The number of aromatic hydroxyl groups is 12. The second-order valence-electron chi connectivity index (χ2n) is 18.1. The van der Waals surface area contributed by atoms with Crippen molar-refractivity contribution >= 4 is 70.7 Å². The van der Waals surface area contributed by atoms with Gasteiger partial charge in [0.1, 0.15) is 63.4 Å². The maximum atomic E-state index is 12.7. The third-order valence-corrected chi connectivity index (χ3v) is 14.2. The van der Waals surface area contributed by atoms with Gasteiger partial charge in [0.25, 0.3) is 0 Å². The quantitative estimate of drug-likeness (QED) is 0.0582. The molecule has 0 saturated carbocycles. The molecule has 390 valence electrons. The molecule has 12 rings (SSSR count). The SMILES string of the molecule is OC1=C(O)C(O)C(O)C(O)=C1C1C(O)=C(O)C(c2nc(-c3c(O)c(O)c(O)c(O)c3O)nc(-n3c4c(O)c(O)c(O)c(O)c4c4c(O)c(-n5c6cccc7c8ccccc8c8cccc5c8c76)c(O)c(O)c43)n2)=C(O)C1O. The number of aromatic nitrogens is 5. The molecule has 7 aromatic carbocycles. The Balaban J connectivity index is 1.20. The Bertz CT molecular complexity index is 4400. The van der Waals surface area contributed by atoms with Gasteiger partial charge in [0, 0.05) is 10.8 Å². The summed E-state index contributed by atoms with van der Waals surface area (Å²) in [5.74, 6) is -31.6. The van der Waals surface area contributed by atoms with Gasteiger partial charge < -0.3 is 112 Å². The van der Waals surface area contributed by atoms with Gasteiger partial charge in [0.15, 0.2) is 69.2 Å². The zero-order valence-electron chi connectivity index (χ0n) is 38.2. The number of hydrogen-bond donors (Lipinski definition) is 21. The number of hydrogen-bond acceptors (Lipinski definition) is 24. The van der Waals surface area contributed by atoms with Gasteiger partial charge in [-0.05, 0) is 33.7 Å². The van der Waals surface area contributed by atoms with Crippen molar-refractivity contribution in [1.29, 1.82) is 0 Å².